The number of pyridine rings is 1. The van der Waals surface area contributed by atoms with Crippen LogP contribution in [0.3, 0.4) is 0 Å². The van der Waals surface area contributed by atoms with Crippen molar-refractivity contribution < 1.29 is 18.3 Å². The fraction of sp³-hybridized carbons (Fsp3) is 0.273. The molecule has 0 saturated heterocycles. The summed E-state index contributed by atoms with van der Waals surface area (Å²) in [6.07, 6.45) is 1.45. The number of hydrogen-bond acceptors (Lipinski definition) is 4. The maximum Gasteiger partial charge on any atom is 0.388 e. The van der Waals surface area contributed by atoms with E-state index in [1.165, 1.54) is 37.2 Å². The molecule has 0 aliphatic rings. The van der Waals surface area contributed by atoms with Crippen LogP contribution >= 0.6 is 11.6 Å². The van der Waals surface area contributed by atoms with Crippen molar-refractivity contribution in [2.45, 2.75) is 6.61 Å². The van der Waals surface area contributed by atoms with E-state index < -0.39 is 6.61 Å². The highest BCUT2D eigenvalue weighted by Gasteiger charge is 2.15. The lowest BCUT2D eigenvalue weighted by Crippen LogP contribution is -2.05. The second kappa shape index (κ2) is 5.40. The Bertz CT molecular complexity index is 589. The zero-order valence-electron chi connectivity index (χ0n) is 10.1. The lowest BCUT2D eigenvalue weighted by Gasteiger charge is -2.02. The van der Waals surface area contributed by atoms with Crippen LogP contribution < -0.4 is 9.47 Å². The van der Waals surface area contributed by atoms with E-state index in [-0.39, 0.29) is 5.88 Å². The molecular formula is C11H10ClF2N3O2. The van der Waals surface area contributed by atoms with Gasteiger partial charge in [-0.25, -0.2) is 9.67 Å². The number of nitrogens with zero attached hydrogens (tertiary/aromatic N) is 3. The Labute approximate surface area is 112 Å². The molecule has 0 aliphatic carbocycles. The number of aryl methyl sites for hydroxylation is 1. The minimum Gasteiger partial charge on any atom is -0.481 e. The second-order valence-electron chi connectivity index (χ2n) is 3.58. The minimum atomic E-state index is -2.91. The van der Waals surface area contributed by atoms with Gasteiger partial charge in [-0.1, -0.05) is 11.6 Å². The summed E-state index contributed by atoms with van der Waals surface area (Å²) in [5.74, 6) is 0.297. The molecule has 102 valence electrons. The lowest BCUT2D eigenvalue weighted by atomic mass is 10.2. The molecule has 0 unspecified atom stereocenters. The zero-order chi connectivity index (χ0) is 14.0. The van der Waals surface area contributed by atoms with Crippen LogP contribution in [0.4, 0.5) is 8.78 Å². The first kappa shape index (κ1) is 13.5. The van der Waals surface area contributed by atoms with E-state index in [0.29, 0.717) is 22.2 Å². The van der Waals surface area contributed by atoms with E-state index in [2.05, 4.69) is 14.8 Å². The number of alkyl halides is 2. The van der Waals surface area contributed by atoms with Gasteiger partial charge in [-0.05, 0) is 0 Å². The molecule has 2 aromatic rings. The smallest absolute Gasteiger partial charge is 0.388 e. The summed E-state index contributed by atoms with van der Waals surface area (Å²) < 4.78 is 34.8. The van der Waals surface area contributed by atoms with Gasteiger partial charge in [0.25, 0.3) is 0 Å². The van der Waals surface area contributed by atoms with E-state index >= 15 is 0 Å². The van der Waals surface area contributed by atoms with Gasteiger partial charge in [-0.15, -0.1) is 0 Å². The van der Waals surface area contributed by atoms with Crippen molar-refractivity contribution in [3.63, 3.8) is 0 Å². The Morgan fingerprint density at radius 1 is 1.37 bits per heavy atom. The quantitative estimate of drug-likeness (QED) is 0.868. The zero-order valence-corrected chi connectivity index (χ0v) is 10.9. The number of aromatic nitrogens is 3. The summed E-state index contributed by atoms with van der Waals surface area (Å²) in [6.45, 7) is -2.91. The SMILES string of the molecule is COc1cc(Cl)c(-c2cc(OC(F)F)n(C)n2)cn1. The summed E-state index contributed by atoms with van der Waals surface area (Å²) in [6, 6.07) is 2.88. The average molecular weight is 290 g/mol. The van der Waals surface area contributed by atoms with E-state index in [0.717, 1.165) is 0 Å². The molecule has 0 fully saturated rings. The fourth-order valence-corrected chi connectivity index (χ4v) is 1.74. The molecule has 0 spiro atoms. The summed E-state index contributed by atoms with van der Waals surface area (Å²) in [5, 5.41) is 4.40. The Balaban J connectivity index is 2.37. The molecule has 5 nitrogen and oxygen atoms in total. The van der Waals surface area contributed by atoms with Crippen LogP contribution in [0.2, 0.25) is 5.02 Å². The van der Waals surface area contributed by atoms with Gasteiger partial charge in [-0.2, -0.15) is 13.9 Å². The van der Waals surface area contributed by atoms with E-state index in [1.54, 1.807) is 0 Å². The second-order valence-corrected chi connectivity index (χ2v) is 3.98. The monoisotopic (exact) mass is 289 g/mol. The first-order valence-electron chi connectivity index (χ1n) is 5.20. The van der Waals surface area contributed by atoms with Gasteiger partial charge < -0.3 is 9.47 Å². The molecule has 0 aromatic carbocycles. The van der Waals surface area contributed by atoms with Crippen molar-refractivity contribution >= 4 is 11.6 Å². The molecule has 2 heterocycles. The fourth-order valence-electron chi connectivity index (χ4n) is 1.50. The van der Waals surface area contributed by atoms with Gasteiger partial charge in [-0.3, -0.25) is 0 Å². The van der Waals surface area contributed by atoms with Gasteiger partial charge in [0.2, 0.25) is 11.8 Å². The van der Waals surface area contributed by atoms with Crippen molar-refractivity contribution in [2.75, 3.05) is 7.11 Å². The third kappa shape index (κ3) is 2.93. The molecule has 19 heavy (non-hydrogen) atoms. The molecule has 2 rings (SSSR count). The van der Waals surface area contributed by atoms with Crippen LogP contribution in [0.5, 0.6) is 11.8 Å². The predicted molar refractivity (Wildman–Crippen MR) is 64.6 cm³/mol. The molecule has 0 atom stereocenters. The Morgan fingerprint density at radius 2 is 2.11 bits per heavy atom. The highest BCUT2D eigenvalue weighted by Crippen LogP contribution is 2.30. The number of rotatable bonds is 4. The standard InChI is InChI=1S/C11H10ClF2N3O2/c1-17-10(19-11(13)14)4-8(16-17)6-5-15-9(18-2)3-7(6)12/h3-5,11H,1-2H3. The third-order valence-electron chi connectivity index (χ3n) is 2.36. The predicted octanol–water partition coefficient (Wildman–Crippen LogP) is 2.75. The summed E-state index contributed by atoms with van der Waals surface area (Å²) in [4.78, 5) is 3.99. The maximum atomic E-state index is 12.2. The Morgan fingerprint density at radius 3 is 2.68 bits per heavy atom. The van der Waals surface area contributed by atoms with Crippen LogP contribution in [0.25, 0.3) is 11.3 Å². The van der Waals surface area contributed by atoms with Crippen molar-refractivity contribution in [2.24, 2.45) is 7.05 Å². The molecule has 0 aliphatic heterocycles. The third-order valence-corrected chi connectivity index (χ3v) is 2.67. The van der Waals surface area contributed by atoms with Crippen molar-refractivity contribution in [1.82, 2.24) is 14.8 Å². The van der Waals surface area contributed by atoms with Gasteiger partial charge >= 0.3 is 6.61 Å². The first-order valence-corrected chi connectivity index (χ1v) is 5.58. The molecule has 0 amide bonds. The number of halogens is 3. The highest BCUT2D eigenvalue weighted by atomic mass is 35.5. The van der Waals surface area contributed by atoms with E-state index in [1.807, 2.05) is 0 Å². The van der Waals surface area contributed by atoms with Gasteiger partial charge in [0, 0.05) is 30.9 Å². The van der Waals surface area contributed by atoms with Gasteiger partial charge in [0.15, 0.2) is 0 Å². The van der Waals surface area contributed by atoms with Crippen molar-refractivity contribution in [1.29, 1.82) is 0 Å². The molecule has 0 N–H and O–H groups in total. The summed E-state index contributed by atoms with van der Waals surface area (Å²) >= 11 is 6.05. The van der Waals surface area contributed by atoms with Crippen LogP contribution in [0, 0.1) is 0 Å². The molecule has 0 bridgehead atoms. The van der Waals surface area contributed by atoms with Crippen LogP contribution in [0.1, 0.15) is 0 Å². The molecule has 0 saturated carbocycles. The summed E-state index contributed by atoms with van der Waals surface area (Å²) in [7, 11) is 2.96. The van der Waals surface area contributed by atoms with E-state index in [9.17, 15) is 8.78 Å². The average Bonchev–Trinajstić information content (AvgIpc) is 2.69. The molecule has 2 aromatic heterocycles. The molecule has 0 radical (unpaired) electrons. The molecular weight excluding hydrogens is 280 g/mol. The van der Waals surface area contributed by atoms with Crippen LogP contribution in [0.15, 0.2) is 18.3 Å². The Hall–Kier alpha value is -1.89. The minimum absolute atomic E-state index is 0.0584. The lowest BCUT2D eigenvalue weighted by molar-refractivity contribution is -0.0553. The van der Waals surface area contributed by atoms with Crippen molar-refractivity contribution in [3.05, 3.63) is 23.4 Å². The van der Waals surface area contributed by atoms with Crippen LogP contribution in [-0.4, -0.2) is 28.5 Å². The number of hydrogen-bond donors (Lipinski definition) is 0. The van der Waals surface area contributed by atoms with Crippen LogP contribution in [-0.2, 0) is 7.05 Å². The highest BCUT2D eigenvalue weighted by molar-refractivity contribution is 6.33. The molecule has 8 heteroatoms. The summed E-state index contributed by atoms with van der Waals surface area (Å²) in [5.41, 5.74) is 0.889. The topological polar surface area (TPSA) is 49.2 Å². The maximum absolute atomic E-state index is 12.2. The van der Waals surface area contributed by atoms with Gasteiger partial charge in [0.1, 0.15) is 0 Å². The number of methoxy groups -OCH3 is 1. The number of ether oxygens (including phenoxy) is 2. The van der Waals surface area contributed by atoms with E-state index in [4.69, 9.17) is 16.3 Å². The Kier molecular flexibility index (Phi) is 3.84. The first-order chi connectivity index (χ1) is 9.01. The normalized spacial score (nSPS) is 10.8. The largest absolute Gasteiger partial charge is 0.481 e. The van der Waals surface area contributed by atoms with Gasteiger partial charge in [0.05, 0.1) is 17.8 Å². The van der Waals surface area contributed by atoms with Crippen molar-refractivity contribution in [3.8, 4) is 23.0 Å².